The number of carbonyl (C=O) groups is 2. The monoisotopic (exact) mass is 329 g/mol. The highest BCUT2D eigenvalue weighted by molar-refractivity contribution is 5.90. The number of piperidine rings is 1. The molecule has 2 amide bonds. The molecule has 0 aliphatic carbocycles. The lowest BCUT2D eigenvalue weighted by Crippen LogP contribution is -2.42. The van der Waals surface area contributed by atoms with E-state index in [0.717, 1.165) is 11.1 Å². The minimum Gasteiger partial charge on any atom is -0.481 e. The highest BCUT2D eigenvalue weighted by Crippen LogP contribution is 2.26. The van der Waals surface area contributed by atoms with E-state index in [2.05, 4.69) is 10.3 Å². The number of aryl methyl sites for hydroxylation is 1. The van der Waals surface area contributed by atoms with Gasteiger partial charge in [-0.05, 0) is 37.5 Å². The lowest BCUT2D eigenvalue weighted by molar-refractivity contribution is -0.143. The number of rotatable bonds is 3. The molecule has 1 fully saturated rings. The quantitative estimate of drug-likeness (QED) is 0.902. The number of carboxylic acid groups (broad SMARTS) is 1. The van der Waals surface area contributed by atoms with Crippen LogP contribution in [-0.4, -0.2) is 40.1 Å². The van der Waals surface area contributed by atoms with Gasteiger partial charge in [-0.1, -0.05) is 6.07 Å². The van der Waals surface area contributed by atoms with Crippen LogP contribution in [0.4, 0.5) is 10.5 Å². The molecule has 0 radical (unpaired) electrons. The molecule has 1 aliphatic rings. The molecule has 0 unspecified atom stereocenters. The number of aromatic nitrogens is 1. The molecule has 2 aromatic rings. The Balaban J connectivity index is 1.67. The van der Waals surface area contributed by atoms with E-state index in [1.807, 2.05) is 25.1 Å². The SMILES string of the molecule is Cc1ccc(NC(=O)N2CCC(C(=O)O)CC2)cc1-c1ncco1. The third kappa shape index (κ3) is 3.40. The van der Waals surface area contributed by atoms with Crippen LogP contribution >= 0.6 is 0 Å². The number of carboxylic acids is 1. The van der Waals surface area contributed by atoms with E-state index in [1.54, 1.807) is 11.1 Å². The van der Waals surface area contributed by atoms with Crippen molar-refractivity contribution in [3.8, 4) is 11.5 Å². The number of carbonyl (C=O) groups excluding carboxylic acids is 1. The van der Waals surface area contributed by atoms with Crippen LogP contribution in [0.1, 0.15) is 18.4 Å². The minimum absolute atomic E-state index is 0.221. The maximum absolute atomic E-state index is 12.4. The topological polar surface area (TPSA) is 95.7 Å². The molecule has 24 heavy (non-hydrogen) atoms. The lowest BCUT2D eigenvalue weighted by Gasteiger charge is -2.30. The van der Waals surface area contributed by atoms with Gasteiger partial charge in [0.05, 0.1) is 12.1 Å². The molecule has 2 N–H and O–H groups in total. The fourth-order valence-corrected chi connectivity index (χ4v) is 2.82. The zero-order valence-electron chi connectivity index (χ0n) is 13.4. The van der Waals surface area contributed by atoms with Crippen LogP contribution in [0.5, 0.6) is 0 Å². The number of amides is 2. The number of likely N-dealkylation sites (tertiary alicyclic amines) is 1. The zero-order chi connectivity index (χ0) is 17.1. The van der Waals surface area contributed by atoms with Gasteiger partial charge in [-0.25, -0.2) is 9.78 Å². The Kier molecular flexibility index (Phi) is 4.50. The number of aliphatic carboxylic acids is 1. The largest absolute Gasteiger partial charge is 0.481 e. The summed E-state index contributed by atoms with van der Waals surface area (Å²) in [6.45, 7) is 2.84. The molecular weight excluding hydrogens is 310 g/mol. The van der Waals surface area contributed by atoms with Crippen molar-refractivity contribution in [2.24, 2.45) is 5.92 Å². The third-order valence-corrected chi connectivity index (χ3v) is 4.28. The summed E-state index contributed by atoms with van der Waals surface area (Å²) in [6.07, 6.45) is 4.05. The van der Waals surface area contributed by atoms with Gasteiger partial charge in [-0.15, -0.1) is 0 Å². The summed E-state index contributed by atoms with van der Waals surface area (Å²) < 4.78 is 5.32. The Morgan fingerprint density at radius 3 is 2.71 bits per heavy atom. The Labute approximate surface area is 139 Å². The van der Waals surface area contributed by atoms with Crippen molar-refractivity contribution >= 4 is 17.7 Å². The van der Waals surface area contributed by atoms with Crippen molar-refractivity contribution in [1.29, 1.82) is 0 Å². The van der Waals surface area contributed by atoms with Gasteiger partial charge in [-0.3, -0.25) is 4.79 Å². The Hall–Kier alpha value is -2.83. The fraction of sp³-hybridized carbons (Fsp3) is 0.353. The predicted molar refractivity (Wildman–Crippen MR) is 87.6 cm³/mol. The van der Waals surface area contributed by atoms with Gasteiger partial charge in [-0.2, -0.15) is 0 Å². The number of nitrogens with one attached hydrogen (secondary N) is 1. The summed E-state index contributed by atoms with van der Waals surface area (Å²) in [7, 11) is 0. The van der Waals surface area contributed by atoms with Crippen molar-refractivity contribution in [3.63, 3.8) is 0 Å². The minimum atomic E-state index is -0.788. The molecule has 1 aliphatic heterocycles. The molecule has 7 nitrogen and oxygen atoms in total. The lowest BCUT2D eigenvalue weighted by atomic mass is 9.97. The normalized spacial score (nSPS) is 15.3. The third-order valence-electron chi connectivity index (χ3n) is 4.28. The van der Waals surface area contributed by atoms with Gasteiger partial charge < -0.3 is 19.7 Å². The summed E-state index contributed by atoms with van der Waals surface area (Å²) in [5.41, 5.74) is 2.47. The molecule has 2 heterocycles. The van der Waals surface area contributed by atoms with E-state index in [9.17, 15) is 9.59 Å². The van der Waals surface area contributed by atoms with Crippen molar-refractivity contribution in [2.45, 2.75) is 19.8 Å². The zero-order valence-corrected chi connectivity index (χ0v) is 13.4. The Bertz CT molecular complexity index is 734. The van der Waals surface area contributed by atoms with Crippen LogP contribution in [0.2, 0.25) is 0 Å². The molecule has 0 bridgehead atoms. The van der Waals surface area contributed by atoms with Crippen LogP contribution in [0.3, 0.4) is 0 Å². The highest BCUT2D eigenvalue weighted by Gasteiger charge is 2.27. The van der Waals surface area contributed by atoms with Crippen LogP contribution in [0.25, 0.3) is 11.5 Å². The van der Waals surface area contributed by atoms with E-state index in [-0.39, 0.29) is 11.9 Å². The summed E-state index contributed by atoms with van der Waals surface area (Å²) in [5, 5.41) is 11.9. The Morgan fingerprint density at radius 1 is 1.33 bits per heavy atom. The van der Waals surface area contributed by atoms with Crippen LogP contribution < -0.4 is 5.32 Å². The van der Waals surface area contributed by atoms with Gasteiger partial charge >= 0.3 is 12.0 Å². The van der Waals surface area contributed by atoms with Gasteiger partial charge in [0.1, 0.15) is 6.26 Å². The first-order chi connectivity index (χ1) is 11.5. The summed E-state index contributed by atoms with van der Waals surface area (Å²) in [6, 6.07) is 5.32. The molecule has 0 spiro atoms. The standard InChI is InChI=1S/C17H19N3O4/c1-11-2-3-13(10-14(11)15-18-6-9-24-15)19-17(23)20-7-4-12(5-8-20)16(21)22/h2-3,6,9-10,12H,4-5,7-8H2,1H3,(H,19,23)(H,21,22). The van der Waals surface area contributed by atoms with Gasteiger partial charge in [0.2, 0.25) is 5.89 Å². The molecular formula is C17H19N3O4. The first kappa shape index (κ1) is 16.0. The number of benzene rings is 1. The van der Waals surface area contributed by atoms with E-state index in [1.165, 1.54) is 6.26 Å². The molecule has 0 saturated carbocycles. The van der Waals surface area contributed by atoms with E-state index in [4.69, 9.17) is 9.52 Å². The summed E-state index contributed by atoms with van der Waals surface area (Å²) in [4.78, 5) is 29.1. The van der Waals surface area contributed by atoms with Crippen LogP contribution in [-0.2, 0) is 4.79 Å². The number of urea groups is 1. The first-order valence-electron chi connectivity index (χ1n) is 7.84. The first-order valence-corrected chi connectivity index (χ1v) is 7.84. The molecule has 1 aromatic heterocycles. The Morgan fingerprint density at radius 2 is 2.08 bits per heavy atom. The fourth-order valence-electron chi connectivity index (χ4n) is 2.82. The average molecular weight is 329 g/mol. The maximum Gasteiger partial charge on any atom is 0.321 e. The van der Waals surface area contributed by atoms with Crippen molar-refractivity contribution in [2.75, 3.05) is 18.4 Å². The second-order valence-electron chi connectivity index (χ2n) is 5.90. The molecule has 7 heteroatoms. The number of nitrogens with zero attached hydrogens (tertiary/aromatic N) is 2. The van der Waals surface area contributed by atoms with E-state index in [0.29, 0.717) is 37.5 Å². The molecule has 0 atom stereocenters. The van der Waals surface area contributed by atoms with E-state index < -0.39 is 5.97 Å². The molecule has 3 rings (SSSR count). The van der Waals surface area contributed by atoms with Crippen molar-refractivity contribution < 1.29 is 19.1 Å². The summed E-state index contributed by atoms with van der Waals surface area (Å²) >= 11 is 0. The predicted octanol–water partition coefficient (Wildman–Crippen LogP) is 2.98. The number of hydrogen-bond acceptors (Lipinski definition) is 4. The van der Waals surface area contributed by atoms with Crippen molar-refractivity contribution in [3.05, 3.63) is 36.2 Å². The number of oxazole rings is 1. The van der Waals surface area contributed by atoms with Crippen molar-refractivity contribution in [1.82, 2.24) is 9.88 Å². The van der Waals surface area contributed by atoms with Crippen LogP contribution in [0, 0.1) is 12.8 Å². The van der Waals surface area contributed by atoms with Gasteiger partial charge in [0, 0.05) is 24.3 Å². The number of hydrogen-bond donors (Lipinski definition) is 2. The maximum atomic E-state index is 12.4. The smallest absolute Gasteiger partial charge is 0.321 e. The molecule has 1 saturated heterocycles. The molecule has 1 aromatic carbocycles. The number of anilines is 1. The van der Waals surface area contributed by atoms with E-state index >= 15 is 0 Å². The van der Waals surface area contributed by atoms with Crippen LogP contribution in [0.15, 0.2) is 35.1 Å². The molecule has 126 valence electrons. The highest BCUT2D eigenvalue weighted by atomic mass is 16.4. The van der Waals surface area contributed by atoms with Gasteiger partial charge in [0.25, 0.3) is 0 Å². The van der Waals surface area contributed by atoms with Gasteiger partial charge in [0.15, 0.2) is 0 Å². The summed E-state index contributed by atoms with van der Waals surface area (Å²) in [5.74, 6) is -0.639. The average Bonchev–Trinajstić information content (AvgIpc) is 3.11. The second-order valence-corrected chi connectivity index (χ2v) is 5.90. The second kappa shape index (κ2) is 6.74.